The molecule has 0 aromatic heterocycles. The summed E-state index contributed by atoms with van der Waals surface area (Å²) in [6.45, 7) is 2.28. The SMILES string of the molecule is CC1=C(C(=O)O)C(C(=O)O)C=CC1(C)S(=O)(=O)O. The molecule has 7 nitrogen and oxygen atoms in total. The highest BCUT2D eigenvalue weighted by Gasteiger charge is 2.45. The Labute approximate surface area is 103 Å². The molecule has 0 fully saturated rings. The first-order valence-electron chi connectivity index (χ1n) is 4.86. The lowest BCUT2D eigenvalue weighted by Crippen LogP contribution is -2.40. The van der Waals surface area contributed by atoms with Gasteiger partial charge in [-0.1, -0.05) is 12.2 Å². The summed E-state index contributed by atoms with van der Waals surface area (Å²) in [4.78, 5) is 22.0. The number of hydrogen-bond donors (Lipinski definition) is 3. The Morgan fingerprint density at radius 3 is 2.17 bits per heavy atom. The average molecular weight is 276 g/mol. The lowest BCUT2D eigenvalue weighted by molar-refractivity contribution is -0.142. The van der Waals surface area contributed by atoms with Gasteiger partial charge in [-0.25, -0.2) is 4.79 Å². The second-order valence-corrected chi connectivity index (χ2v) is 5.90. The van der Waals surface area contributed by atoms with Crippen molar-refractivity contribution in [2.24, 2.45) is 5.92 Å². The van der Waals surface area contributed by atoms with Crippen molar-refractivity contribution < 1.29 is 32.8 Å². The Balaban J connectivity index is 3.57. The Kier molecular flexibility index (Phi) is 3.37. The fourth-order valence-corrected chi connectivity index (χ4v) is 2.53. The van der Waals surface area contributed by atoms with E-state index in [4.69, 9.17) is 14.8 Å². The lowest BCUT2D eigenvalue weighted by atomic mass is 9.82. The van der Waals surface area contributed by atoms with Crippen molar-refractivity contribution in [1.29, 1.82) is 0 Å². The summed E-state index contributed by atoms with van der Waals surface area (Å²) in [6.07, 6.45) is 1.94. The first-order valence-corrected chi connectivity index (χ1v) is 6.30. The van der Waals surface area contributed by atoms with Gasteiger partial charge in [-0.2, -0.15) is 8.42 Å². The van der Waals surface area contributed by atoms with Crippen LogP contribution in [0.5, 0.6) is 0 Å². The minimum Gasteiger partial charge on any atom is -0.481 e. The van der Waals surface area contributed by atoms with E-state index in [9.17, 15) is 18.0 Å². The summed E-state index contributed by atoms with van der Waals surface area (Å²) in [5.74, 6) is -4.36. The maximum Gasteiger partial charge on any atom is 0.332 e. The van der Waals surface area contributed by atoms with E-state index < -0.39 is 38.3 Å². The monoisotopic (exact) mass is 276 g/mol. The van der Waals surface area contributed by atoms with Crippen LogP contribution in [0.4, 0.5) is 0 Å². The molecule has 0 aliphatic heterocycles. The summed E-state index contributed by atoms with van der Waals surface area (Å²) in [5, 5.41) is 17.9. The van der Waals surface area contributed by atoms with Crippen LogP contribution in [0.15, 0.2) is 23.3 Å². The van der Waals surface area contributed by atoms with Crippen LogP contribution in [0.2, 0.25) is 0 Å². The van der Waals surface area contributed by atoms with E-state index >= 15 is 0 Å². The van der Waals surface area contributed by atoms with Crippen molar-refractivity contribution in [3.63, 3.8) is 0 Å². The molecule has 0 heterocycles. The third-order valence-electron chi connectivity index (χ3n) is 3.10. The number of aliphatic carboxylic acids is 2. The topological polar surface area (TPSA) is 129 Å². The predicted molar refractivity (Wildman–Crippen MR) is 60.6 cm³/mol. The number of carbonyl (C=O) groups is 2. The van der Waals surface area contributed by atoms with Crippen molar-refractivity contribution in [3.05, 3.63) is 23.3 Å². The molecule has 0 saturated carbocycles. The zero-order chi connectivity index (χ0) is 14.3. The zero-order valence-corrected chi connectivity index (χ0v) is 10.4. The molecule has 1 aliphatic carbocycles. The Bertz CT molecular complexity index is 569. The van der Waals surface area contributed by atoms with Gasteiger partial charge in [-0.15, -0.1) is 0 Å². The third kappa shape index (κ3) is 2.04. The number of rotatable bonds is 3. The smallest absolute Gasteiger partial charge is 0.332 e. The van der Waals surface area contributed by atoms with Crippen LogP contribution in [0, 0.1) is 5.92 Å². The van der Waals surface area contributed by atoms with Crippen LogP contribution >= 0.6 is 0 Å². The molecule has 1 rings (SSSR count). The van der Waals surface area contributed by atoms with Crippen LogP contribution in [0.3, 0.4) is 0 Å². The van der Waals surface area contributed by atoms with Crippen molar-refractivity contribution in [2.75, 3.05) is 0 Å². The summed E-state index contributed by atoms with van der Waals surface area (Å²) in [5.41, 5.74) is -0.766. The van der Waals surface area contributed by atoms with E-state index in [1.165, 1.54) is 6.92 Å². The molecule has 0 bridgehead atoms. The predicted octanol–water partition coefficient (Wildman–Crippen LogP) is 0.305. The minimum atomic E-state index is -4.59. The minimum absolute atomic E-state index is 0.215. The van der Waals surface area contributed by atoms with E-state index in [0.29, 0.717) is 0 Å². The van der Waals surface area contributed by atoms with Crippen molar-refractivity contribution in [3.8, 4) is 0 Å². The van der Waals surface area contributed by atoms with Crippen LogP contribution in [-0.4, -0.2) is 39.9 Å². The van der Waals surface area contributed by atoms with E-state index in [2.05, 4.69) is 0 Å². The van der Waals surface area contributed by atoms with E-state index in [1.807, 2.05) is 0 Å². The van der Waals surface area contributed by atoms with Gasteiger partial charge < -0.3 is 10.2 Å². The molecule has 0 spiro atoms. The number of carboxylic acids is 2. The summed E-state index contributed by atoms with van der Waals surface area (Å²) < 4.78 is 29.8. The van der Waals surface area contributed by atoms with Crippen molar-refractivity contribution in [1.82, 2.24) is 0 Å². The lowest BCUT2D eigenvalue weighted by Gasteiger charge is -2.30. The first-order chi connectivity index (χ1) is 8.02. The maximum absolute atomic E-state index is 11.3. The zero-order valence-electron chi connectivity index (χ0n) is 9.61. The van der Waals surface area contributed by atoms with Gasteiger partial charge >= 0.3 is 11.9 Å². The quantitative estimate of drug-likeness (QED) is 0.499. The number of carboxylic acid groups (broad SMARTS) is 2. The highest BCUT2D eigenvalue weighted by atomic mass is 32.2. The average Bonchev–Trinajstić information content (AvgIpc) is 2.19. The van der Waals surface area contributed by atoms with Gasteiger partial charge in [0, 0.05) is 0 Å². The molecule has 2 atom stereocenters. The van der Waals surface area contributed by atoms with Crippen molar-refractivity contribution in [2.45, 2.75) is 18.6 Å². The Morgan fingerprint density at radius 2 is 1.83 bits per heavy atom. The highest BCUT2D eigenvalue weighted by molar-refractivity contribution is 7.87. The fourth-order valence-electron chi connectivity index (χ4n) is 1.78. The summed E-state index contributed by atoms with van der Waals surface area (Å²) >= 11 is 0. The largest absolute Gasteiger partial charge is 0.481 e. The Hall–Kier alpha value is -1.67. The molecule has 0 aromatic rings. The molecule has 18 heavy (non-hydrogen) atoms. The normalized spacial score (nSPS) is 28.3. The summed E-state index contributed by atoms with van der Waals surface area (Å²) in [7, 11) is -4.59. The van der Waals surface area contributed by atoms with E-state index in [0.717, 1.165) is 19.1 Å². The van der Waals surface area contributed by atoms with Gasteiger partial charge in [-0.05, 0) is 19.4 Å². The first kappa shape index (κ1) is 14.4. The van der Waals surface area contributed by atoms with Crippen LogP contribution in [-0.2, 0) is 19.7 Å². The molecule has 2 unspecified atom stereocenters. The van der Waals surface area contributed by atoms with Gasteiger partial charge in [-0.3, -0.25) is 9.35 Å². The van der Waals surface area contributed by atoms with E-state index in [-0.39, 0.29) is 5.57 Å². The maximum atomic E-state index is 11.3. The Morgan fingerprint density at radius 1 is 1.33 bits per heavy atom. The van der Waals surface area contributed by atoms with Crippen LogP contribution in [0.25, 0.3) is 0 Å². The van der Waals surface area contributed by atoms with Crippen LogP contribution < -0.4 is 0 Å². The molecule has 1 aliphatic rings. The van der Waals surface area contributed by atoms with Gasteiger partial charge in [0.15, 0.2) is 0 Å². The molecule has 0 aromatic carbocycles. The van der Waals surface area contributed by atoms with Gasteiger partial charge in [0.2, 0.25) is 0 Å². The molecule has 3 N–H and O–H groups in total. The van der Waals surface area contributed by atoms with Crippen molar-refractivity contribution >= 4 is 22.1 Å². The highest BCUT2D eigenvalue weighted by Crippen LogP contribution is 2.37. The molecule has 0 radical (unpaired) electrons. The molecule has 8 heteroatoms. The number of hydrogen-bond acceptors (Lipinski definition) is 4. The van der Waals surface area contributed by atoms with Gasteiger partial charge in [0.05, 0.1) is 5.57 Å². The standard InChI is InChI=1S/C10H12O7S/c1-5-7(9(13)14)6(8(11)12)3-4-10(5,2)18(15,16)17/h3-4,6H,1-2H3,(H,11,12)(H,13,14)(H,15,16,17). The van der Waals surface area contributed by atoms with Gasteiger partial charge in [0.25, 0.3) is 10.1 Å². The fraction of sp³-hybridized carbons (Fsp3) is 0.400. The summed E-state index contributed by atoms with van der Waals surface area (Å²) in [6, 6.07) is 0. The molecular formula is C10H12O7S. The van der Waals surface area contributed by atoms with E-state index in [1.54, 1.807) is 0 Å². The molecule has 100 valence electrons. The third-order valence-corrected chi connectivity index (χ3v) is 4.61. The second-order valence-electron chi connectivity index (χ2n) is 4.10. The second kappa shape index (κ2) is 4.21. The van der Waals surface area contributed by atoms with Gasteiger partial charge in [0.1, 0.15) is 10.7 Å². The molecular weight excluding hydrogens is 264 g/mol. The van der Waals surface area contributed by atoms with Crippen LogP contribution in [0.1, 0.15) is 13.8 Å². The molecule has 0 saturated heterocycles. The molecule has 0 amide bonds.